The lowest BCUT2D eigenvalue weighted by molar-refractivity contribution is -0.128. The van der Waals surface area contributed by atoms with Crippen molar-refractivity contribution in [2.75, 3.05) is 31.6 Å². The van der Waals surface area contributed by atoms with Crippen molar-refractivity contribution >= 4 is 46.5 Å². The molecule has 2 heterocycles. The molecule has 1 saturated heterocycles. The van der Waals surface area contributed by atoms with Crippen LogP contribution >= 0.6 is 34.8 Å². The van der Waals surface area contributed by atoms with E-state index >= 15 is 0 Å². The largest absolute Gasteiger partial charge is 0.349 e. The van der Waals surface area contributed by atoms with Crippen molar-refractivity contribution in [2.45, 2.75) is 12.8 Å². The van der Waals surface area contributed by atoms with Crippen molar-refractivity contribution in [1.82, 2.24) is 9.88 Å². The highest BCUT2D eigenvalue weighted by atomic mass is 35.5. The zero-order valence-corrected chi connectivity index (χ0v) is 12.8. The monoisotopic (exact) mass is 321 g/mol. The molecule has 0 bridgehead atoms. The number of hydrogen-bond acceptors (Lipinski definition) is 3. The van der Waals surface area contributed by atoms with Crippen LogP contribution in [0.15, 0.2) is 6.07 Å². The van der Waals surface area contributed by atoms with Crippen LogP contribution in [0.25, 0.3) is 0 Å². The van der Waals surface area contributed by atoms with Crippen molar-refractivity contribution in [3.05, 3.63) is 21.3 Å². The van der Waals surface area contributed by atoms with Gasteiger partial charge in [-0.15, -0.1) is 0 Å². The van der Waals surface area contributed by atoms with Gasteiger partial charge >= 0.3 is 0 Å². The summed E-state index contributed by atoms with van der Waals surface area (Å²) in [4.78, 5) is 19.7. The van der Waals surface area contributed by atoms with E-state index in [1.807, 2.05) is 4.90 Å². The van der Waals surface area contributed by atoms with E-state index in [0.717, 1.165) is 25.9 Å². The minimum atomic E-state index is 0.0731. The molecule has 0 saturated carbocycles. The minimum absolute atomic E-state index is 0.0731. The Morgan fingerprint density at radius 3 is 2.58 bits per heavy atom. The second kappa shape index (κ2) is 6.16. The summed E-state index contributed by atoms with van der Waals surface area (Å²) in [6, 6.07) is 1.53. The Morgan fingerprint density at radius 2 is 1.95 bits per heavy atom. The van der Waals surface area contributed by atoms with Crippen LogP contribution in [0.5, 0.6) is 0 Å². The summed E-state index contributed by atoms with van der Waals surface area (Å²) >= 11 is 17.8. The Labute approximate surface area is 127 Å². The van der Waals surface area contributed by atoms with Crippen molar-refractivity contribution in [1.29, 1.82) is 0 Å². The highest BCUT2D eigenvalue weighted by molar-refractivity contribution is 6.42. The van der Waals surface area contributed by atoms with Gasteiger partial charge in [0.25, 0.3) is 0 Å². The molecule has 0 aliphatic carbocycles. The average Bonchev–Trinajstić information content (AvgIpc) is 2.87. The normalized spacial score (nSPS) is 14.8. The molecule has 0 unspecified atom stereocenters. The molecular formula is C12H14Cl3N3O. The van der Waals surface area contributed by atoms with Crippen LogP contribution in [0, 0.1) is 0 Å². The molecule has 0 aromatic carbocycles. The molecule has 1 aromatic heterocycles. The van der Waals surface area contributed by atoms with Gasteiger partial charge in [0, 0.05) is 20.1 Å². The summed E-state index contributed by atoms with van der Waals surface area (Å²) in [5.41, 5.74) is 0. The van der Waals surface area contributed by atoms with Crippen LogP contribution in [0.4, 0.5) is 5.82 Å². The van der Waals surface area contributed by atoms with Gasteiger partial charge in [-0.3, -0.25) is 4.79 Å². The number of aromatic nitrogens is 1. The van der Waals surface area contributed by atoms with Gasteiger partial charge < -0.3 is 9.80 Å². The van der Waals surface area contributed by atoms with E-state index in [-0.39, 0.29) is 17.6 Å². The Bertz CT molecular complexity index is 489. The maximum Gasteiger partial charge on any atom is 0.242 e. The minimum Gasteiger partial charge on any atom is -0.349 e. The first kappa shape index (κ1) is 14.7. The number of likely N-dealkylation sites (tertiary alicyclic amines) is 1. The van der Waals surface area contributed by atoms with Crippen LogP contribution < -0.4 is 4.90 Å². The number of pyridine rings is 1. The van der Waals surface area contributed by atoms with Gasteiger partial charge in [-0.1, -0.05) is 34.8 Å². The van der Waals surface area contributed by atoms with E-state index < -0.39 is 0 Å². The SMILES string of the molecule is CN(CC(=O)N1CCCC1)c1nc(Cl)c(Cl)cc1Cl. The predicted octanol–water partition coefficient (Wildman–Crippen LogP) is 3.10. The fraction of sp³-hybridized carbons (Fsp3) is 0.500. The highest BCUT2D eigenvalue weighted by Crippen LogP contribution is 2.30. The lowest BCUT2D eigenvalue weighted by Crippen LogP contribution is -2.37. The van der Waals surface area contributed by atoms with Gasteiger partial charge in [-0.2, -0.15) is 0 Å². The molecule has 0 atom stereocenters. The first-order valence-corrected chi connectivity index (χ1v) is 7.13. The quantitative estimate of drug-likeness (QED) is 0.802. The van der Waals surface area contributed by atoms with Gasteiger partial charge in [0.15, 0.2) is 0 Å². The summed E-state index contributed by atoms with van der Waals surface area (Å²) in [5, 5.41) is 0.863. The zero-order valence-electron chi connectivity index (χ0n) is 10.5. The second-order valence-electron chi connectivity index (χ2n) is 4.51. The van der Waals surface area contributed by atoms with Crippen LogP contribution in [0.1, 0.15) is 12.8 Å². The standard InChI is InChI=1S/C12H14Cl3N3O/c1-17(7-10(19)18-4-2-3-5-18)12-9(14)6-8(13)11(15)16-12/h6H,2-5,7H2,1H3. The van der Waals surface area contributed by atoms with Crippen LogP contribution in [0.2, 0.25) is 15.2 Å². The zero-order chi connectivity index (χ0) is 14.0. The molecular weight excluding hydrogens is 309 g/mol. The maximum absolute atomic E-state index is 12.0. The Kier molecular flexibility index (Phi) is 4.76. The number of likely N-dealkylation sites (N-methyl/N-ethyl adjacent to an activating group) is 1. The number of carbonyl (C=O) groups is 1. The van der Waals surface area contributed by atoms with Gasteiger partial charge in [0.1, 0.15) is 11.0 Å². The van der Waals surface area contributed by atoms with E-state index in [2.05, 4.69) is 4.98 Å². The summed E-state index contributed by atoms with van der Waals surface area (Å²) in [6.07, 6.45) is 2.14. The van der Waals surface area contributed by atoms with Crippen LogP contribution in [-0.4, -0.2) is 42.5 Å². The van der Waals surface area contributed by atoms with Crippen LogP contribution in [-0.2, 0) is 4.79 Å². The van der Waals surface area contributed by atoms with E-state index in [1.165, 1.54) is 6.07 Å². The molecule has 0 spiro atoms. The number of halogens is 3. The fourth-order valence-electron chi connectivity index (χ4n) is 2.05. The lowest BCUT2D eigenvalue weighted by atomic mass is 10.4. The Morgan fingerprint density at radius 1 is 1.32 bits per heavy atom. The number of nitrogens with zero attached hydrogens (tertiary/aromatic N) is 3. The first-order valence-electron chi connectivity index (χ1n) is 5.99. The third kappa shape index (κ3) is 3.44. The maximum atomic E-state index is 12.0. The van der Waals surface area contributed by atoms with E-state index in [0.29, 0.717) is 15.9 Å². The average molecular weight is 323 g/mol. The predicted molar refractivity (Wildman–Crippen MR) is 78.4 cm³/mol. The second-order valence-corrected chi connectivity index (χ2v) is 5.68. The molecule has 0 N–H and O–H groups in total. The molecule has 1 aromatic rings. The molecule has 7 heteroatoms. The summed E-state index contributed by atoms with van der Waals surface area (Å²) < 4.78 is 0. The van der Waals surface area contributed by atoms with E-state index in [9.17, 15) is 4.79 Å². The lowest BCUT2D eigenvalue weighted by Gasteiger charge is -2.23. The number of anilines is 1. The molecule has 1 fully saturated rings. The molecule has 1 aliphatic heterocycles. The Balaban J connectivity index is 2.09. The van der Waals surface area contributed by atoms with Crippen molar-refractivity contribution in [3.8, 4) is 0 Å². The van der Waals surface area contributed by atoms with Crippen molar-refractivity contribution in [3.63, 3.8) is 0 Å². The molecule has 0 radical (unpaired) electrons. The van der Waals surface area contributed by atoms with Gasteiger partial charge in [0.05, 0.1) is 16.6 Å². The number of rotatable bonds is 3. The number of hydrogen-bond donors (Lipinski definition) is 0. The van der Waals surface area contributed by atoms with Crippen molar-refractivity contribution < 1.29 is 4.79 Å². The third-order valence-electron chi connectivity index (χ3n) is 3.06. The van der Waals surface area contributed by atoms with Crippen LogP contribution in [0.3, 0.4) is 0 Å². The third-order valence-corrected chi connectivity index (χ3v) is 4.01. The smallest absolute Gasteiger partial charge is 0.242 e. The Hall–Kier alpha value is -0.710. The molecule has 4 nitrogen and oxygen atoms in total. The summed E-state index contributed by atoms with van der Waals surface area (Å²) in [5.74, 6) is 0.535. The highest BCUT2D eigenvalue weighted by Gasteiger charge is 2.21. The molecule has 1 amide bonds. The molecule has 104 valence electrons. The topological polar surface area (TPSA) is 36.4 Å². The molecule has 19 heavy (non-hydrogen) atoms. The number of carbonyl (C=O) groups excluding carboxylic acids is 1. The van der Waals surface area contributed by atoms with Gasteiger partial charge in [0.2, 0.25) is 5.91 Å². The summed E-state index contributed by atoms with van der Waals surface area (Å²) in [7, 11) is 1.76. The summed E-state index contributed by atoms with van der Waals surface area (Å²) in [6.45, 7) is 1.88. The first-order chi connectivity index (χ1) is 8.99. The van der Waals surface area contributed by atoms with Crippen molar-refractivity contribution in [2.24, 2.45) is 0 Å². The molecule has 1 aliphatic rings. The van der Waals surface area contributed by atoms with E-state index in [1.54, 1.807) is 11.9 Å². The number of amides is 1. The van der Waals surface area contributed by atoms with Gasteiger partial charge in [-0.05, 0) is 18.9 Å². The fourth-order valence-corrected chi connectivity index (χ4v) is 2.68. The molecule has 2 rings (SSSR count). The van der Waals surface area contributed by atoms with E-state index in [4.69, 9.17) is 34.8 Å². The van der Waals surface area contributed by atoms with Gasteiger partial charge in [-0.25, -0.2) is 4.98 Å².